The topological polar surface area (TPSA) is 27.0 Å². The Morgan fingerprint density at radius 2 is 2.06 bits per heavy atom. The van der Waals surface area contributed by atoms with Crippen LogP contribution in [0.5, 0.6) is 0 Å². The Morgan fingerprint density at radius 3 is 2.50 bits per heavy atom. The minimum absolute atomic E-state index is 0.329. The lowest BCUT2D eigenvalue weighted by atomic mass is 10.1. The number of rotatable bonds is 4. The first kappa shape index (κ1) is 13.1. The molecule has 0 aliphatic carbocycles. The molecule has 4 heteroatoms. The molecule has 0 heterocycles. The maximum absolute atomic E-state index is 13.4. The summed E-state index contributed by atoms with van der Waals surface area (Å²) in [6.45, 7) is 5.52. The van der Waals surface area contributed by atoms with Crippen LogP contribution < -0.4 is 0 Å². The van der Waals surface area contributed by atoms with Crippen molar-refractivity contribution in [2.24, 2.45) is 0 Å². The molecule has 0 saturated carbocycles. The van der Waals surface area contributed by atoms with Gasteiger partial charge in [0, 0.05) is 0 Å². The van der Waals surface area contributed by atoms with E-state index in [-0.39, 0.29) is 11.9 Å². The molecular weight excluding hydrogens is 271 g/mol. The van der Waals surface area contributed by atoms with E-state index in [0.717, 1.165) is 13.1 Å². The van der Waals surface area contributed by atoms with E-state index in [4.69, 9.17) is 5.26 Å². The molecule has 1 aromatic carbocycles. The van der Waals surface area contributed by atoms with Crippen LogP contribution in [0, 0.1) is 17.1 Å². The van der Waals surface area contributed by atoms with Crippen molar-refractivity contribution >= 4 is 15.9 Å². The third-order valence-electron chi connectivity index (χ3n) is 2.56. The van der Waals surface area contributed by atoms with Gasteiger partial charge in [0.05, 0.1) is 10.5 Å². The highest BCUT2D eigenvalue weighted by Crippen LogP contribution is 2.24. The van der Waals surface area contributed by atoms with Crippen LogP contribution >= 0.6 is 15.9 Å². The van der Waals surface area contributed by atoms with Gasteiger partial charge < -0.3 is 0 Å². The van der Waals surface area contributed by atoms with Crippen LogP contribution in [0.1, 0.15) is 25.5 Å². The Balaban J connectivity index is 3.05. The van der Waals surface area contributed by atoms with Crippen LogP contribution in [0.25, 0.3) is 0 Å². The lowest BCUT2D eigenvalue weighted by molar-refractivity contribution is 0.262. The molecule has 0 aliphatic rings. The average molecular weight is 285 g/mol. The largest absolute Gasteiger partial charge is 0.285 e. The number of hydrogen-bond acceptors (Lipinski definition) is 2. The molecule has 0 N–H and O–H groups in total. The molecule has 1 atom stereocenters. The zero-order chi connectivity index (χ0) is 12.1. The summed E-state index contributed by atoms with van der Waals surface area (Å²) in [7, 11) is 0. The van der Waals surface area contributed by atoms with E-state index in [1.54, 1.807) is 12.1 Å². The van der Waals surface area contributed by atoms with E-state index < -0.39 is 0 Å². The van der Waals surface area contributed by atoms with Crippen molar-refractivity contribution in [2.45, 2.75) is 19.9 Å². The van der Waals surface area contributed by atoms with Gasteiger partial charge in [-0.15, -0.1) is 0 Å². The smallest absolute Gasteiger partial charge is 0.137 e. The number of benzene rings is 1. The Kier molecular flexibility index (Phi) is 4.91. The SMILES string of the molecule is CCN(CC)C(C#N)c1ccc(Br)c(F)c1. The lowest BCUT2D eigenvalue weighted by Gasteiger charge is -2.24. The van der Waals surface area contributed by atoms with Crippen molar-refractivity contribution < 1.29 is 4.39 Å². The molecule has 0 spiro atoms. The minimum atomic E-state index is -0.377. The summed E-state index contributed by atoms with van der Waals surface area (Å²) in [5, 5.41) is 9.15. The van der Waals surface area contributed by atoms with Gasteiger partial charge >= 0.3 is 0 Å². The second-order valence-corrected chi connectivity index (χ2v) is 4.28. The fraction of sp³-hybridized carbons (Fsp3) is 0.417. The molecular formula is C12H14BrFN2. The highest BCUT2D eigenvalue weighted by atomic mass is 79.9. The summed E-state index contributed by atoms with van der Waals surface area (Å²) in [5.41, 5.74) is 0.701. The van der Waals surface area contributed by atoms with Gasteiger partial charge in [0.2, 0.25) is 0 Å². The zero-order valence-electron chi connectivity index (χ0n) is 9.37. The van der Waals surface area contributed by atoms with Gasteiger partial charge in [-0.3, -0.25) is 4.90 Å². The Hall–Kier alpha value is -0.920. The van der Waals surface area contributed by atoms with Crippen molar-refractivity contribution in [1.29, 1.82) is 5.26 Å². The van der Waals surface area contributed by atoms with Crippen LogP contribution in [-0.2, 0) is 0 Å². The van der Waals surface area contributed by atoms with Gasteiger partial charge in [-0.25, -0.2) is 4.39 Å². The van der Waals surface area contributed by atoms with Gasteiger partial charge in [0.15, 0.2) is 0 Å². The lowest BCUT2D eigenvalue weighted by Crippen LogP contribution is -2.27. The van der Waals surface area contributed by atoms with Crippen LogP contribution in [-0.4, -0.2) is 18.0 Å². The van der Waals surface area contributed by atoms with Crippen molar-refractivity contribution in [3.8, 4) is 6.07 Å². The van der Waals surface area contributed by atoms with Crippen LogP contribution in [0.4, 0.5) is 4.39 Å². The first-order chi connectivity index (χ1) is 7.63. The molecule has 86 valence electrons. The fourth-order valence-corrected chi connectivity index (χ4v) is 1.88. The predicted octanol–water partition coefficient (Wildman–Crippen LogP) is 3.49. The Labute approximate surface area is 104 Å². The van der Waals surface area contributed by atoms with Gasteiger partial charge in [0.25, 0.3) is 0 Å². The van der Waals surface area contributed by atoms with Crippen LogP contribution in [0.2, 0.25) is 0 Å². The molecule has 16 heavy (non-hydrogen) atoms. The molecule has 0 fully saturated rings. The van der Waals surface area contributed by atoms with Gasteiger partial charge in [0.1, 0.15) is 11.9 Å². The van der Waals surface area contributed by atoms with E-state index in [2.05, 4.69) is 22.0 Å². The third kappa shape index (κ3) is 2.81. The quantitative estimate of drug-likeness (QED) is 0.846. The normalized spacial score (nSPS) is 12.5. The van der Waals surface area contributed by atoms with Gasteiger partial charge in [-0.2, -0.15) is 5.26 Å². The van der Waals surface area contributed by atoms with E-state index in [1.807, 2.05) is 18.7 Å². The van der Waals surface area contributed by atoms with Crippen LogP contribution in [0.15, 0.2) is 22.7 Å². The summed E-state index contributed by atoms with van der Waals surface area (Å²) in [4.78, 5) is 1.99. The maximum Gasteiger partial charge on any atom is 0.137 e. The second kappa shape index (κ2) is 5.97. The monoisotopic (exact) mass is 284 g/mol. The highest BCUT2D eigenvalue weighted by molar-refractivity contribution is 9.10. The average Bonchev–Trinajstić information content (AvgIpc) is 2.29. The standard InChI is InChI=1S/C12H14BrFN2/c1-3-16(4-2)12(8-15)9-5-6-10(13)11(14)7-9/h5-7,12H,3-4H2,1-2H3. The highest BCUT2D eigenvalue weighted by Gasteiger charge is 2.18. The third-order valence-corrected chi connectivity index (χ3v) is 3.20. The molecule has 0 aromatic heterocycles. The molecule has 0 radical (unpaired) electrons. The summed E-state index contributed by atoms with van der Waals surface area (Å²) in [6, 6.07) is 6.66. The van der Waals surface area contributed by atoms with Crippen molar-refractivity contribution in [1.82, 2.24) is 4.90 Å². The fourth-order valence-electron chi connectivity index (χ4n) is 1.64. The summed E-state index contributed by atoms with van der Waals surface area (Å²) in [5.74, 6) is -0.329. The maximum atomic E-state index is 13.4. The number of halogens is 2. The molecule has 0 saturated heterocycles. The van der Waals surface area contributed by atoms with E-state index in [1.165, 1.54) is 6.07 Å². The molecule has 1 rings (SSSR count). The number of nitriles is 1. The Bertz CT molecular complexity index is 396. The minimum Gasteiger partial charge on any atom is -0.285 e. The van der Waals surface area contributed by atoms with Gasteiger partial charge in [-0.1, -0.05) is 19.9 Å². The molecule has 0 amide bonds. The van der Waals surface area contributed by atoms with E-state index in [0.29, 0.717) is 10.0 Å². The van der Waals surface area contributed by atoms with Gasteiger partial charge in [-0.05, 0) is 46.7 Å². The molecule has 0 bridgehead atoms. The number of hydrogen-bond donors (Lipinski definition) is 0. The van der Waals surface area contributed by atoms with Crippen molar-refractivity contribution in [3.63, 3.8) is 0 Å². The predicted molar refractivity (Wildman–Crippen MR) is 65.4 cm³/mol. The van der Waals surface area contributed by atoms with Crippen molar-refractivity contribution in [3.05, 3.63) is 34.1 Å². The Morgan fingerprint density at radius 1 is 1.44 bits per heavy atom. The number of nitrogens with zero attached hydrogens (tertiary/aromatic N) is 2. The van der Waals surface area contributed by atoms with Crippen molar-refractivity contribution in [2.75, 3.05) is 13.1 Å². The van der Waals surface area contributed by atoms with Crippen LogP contribution in [0.3, 0.4) is 0 Å². The molecule has 1 unspecified atom stereocenters. The summed E-state index contributed by atoms with van der Waals surface area (Å²) < 4.78 is 13.8. The molecule has 2 nitrogen and oxygen atoms in total. The molecule has 0 aliphatic heterocycles. The molecule has 1 aromatic rings. The van der Waals surface area contributed by atoms with E-state index in [9.17, 15) is 4.39 Å². The first-order valence-electron chi connectivity index (χ1n) is 5.22. The summed E-state index contributed by atoms with van der Waals surface area (Å²) in [6.07, 6.45) is 0. The van der Waals surface area contributed by atoms with E-state index >= 15 is 0 Å². The second-order valence-electron chi connectivity index (χ2n) is 3.43. The first-order valence-corrected chi connectivity index (χ1v) is 6.01. The zero-order valence-corrected chi connectivity index (χ0v) is 11.0. The summed E-state index contributed by atoms with van der Waals surface area (Å²) >= 11 is 3.10.